The minimum absolute atomic E-state index is 0. The maximum absolute atomic E-state index is 4.59. The Hall–Kier alpha value is -1.05. The SMILES string of the molecule is CCNC(=NCCCCNc1ccccn1)NC(C)(C)C.I. The van der Waals surface area contributed by atoms with Gasteiger partial charge in [-0.25, -0.2) is 4.98 Å². The number of nitrogens with zero attached hydrogens (tertiary/aromatic N) is 2. The van der Waals surface area contributed by atoms with Crippen molar-refractivity contribution in [2.75, 3.05) is 25.0 Å². The van der Waals surface area contributed by atoms with Crippen molar-refractivity contribution in [1.29, 1.82) is 0 Å². The van der Waals surface area contributed by atoms with Crippen molar-refractivity contribution in [3.8, 4) is 0 Å². The fourth-order valence-corrected chi connectivity index (χ4v) is 1.77. The maximum atomic E-state index is 4.59. The van der Waals surface area contributed by atoms with Gasteiger partial charge in [0.25, 0.3) is 0 Å². The molecule has 1 rings (SSSR count). The summed E-state index contributed by atoms with van der Waals surface area (Å²) in [6, 6.07) is 5.89. The monoisotopic (exact) mass is 419 g/mol. The van der Waals surface area contributed by atoms with Gasteiger partial charge in [-0.05, 0) is 52.7 Å². The lowest BCUT2D eigenvalue weighted by atomic mass is 10.1. The lowest BCUT2D eigenvalue weighted by Gasteiger charge is -2.23. The van der Waals surface area contributed by atoms with E-state index in [4.69, 9.17) is 0 Å². The number of anilines is 1. The molecule has 0 aromatic carbocycles. The van der Waals surface area contributed by atoms with Gasteiger partial charge in [0.2, 0.25) is 0 Å². The zero-order valence-electron chi connectivity index (χ0n) is 14.1. The quantitative estimate of drug-likeness (QED) is 0.275. The second-order valence-electron chi connectivity index (χ2n) is 5.98. The molecule has 6 heteroatoms. The van der Waals surface area contributed by atoms with E-state index in [1.165, 1.54) is 0 Å². The van der Waals surface area contributed by atoms with Crippen molar-refractivity contribution in [2.24, 2.45) is 4.99 Å². The third-order valence-electron chi connectivity index (χ3n) is 2.66. The van der Waals surface area contributed by atoms with Crippen LogP contribution in [0.5, 0.6) is 0 Å². The van der Waals surface area contributed by atoms with Crippen LogP contribution in [0.25, 0.3) is 0 Å². The number of aliphatic imine (C=N–C) groups is 1. The van der Waals surface area contributed by atoms with Crippen LogP contribution >= 0.6 is 24.0 Å². The first-order valence-corrected chi connectivity index (χ1v) is 7.72. The summed E-state index contributed by atoms with van der Waals surface area (Å²) in [5.74, 6) is 1.83. The molecular weight excluding hydrogens is 389 g/mol. The molecule has 1 heterocycles. The van der Waals surface area contributed by atoms with E-state index in [1.807, 2.05) is 18.2 Å². The Morgan fingerprint density at radius 1 is 1.23 bits per heavy atom. The third kappa shape index (κ3) is 10.6. The number of rotatable bonds is 7. The highest BCUT2D eigenvalue weighted by atomic mass is 127. The molecule has 0 bridgehead atoms. The van der Waals surface area contributed by atoms with E-state index in [-0.39, 0.29) is 29.5 Å². The molecule has 0 unspecified atom stereocenters. The van der Waals surface area contributed by atoms with Gasteiger partial charge in [-0.2, -0.15) is 0 Å². The molecule has 126 valence electrons. The molecule has 0 aliphatic carbocycles. The Morgan fingerprint density at radius 2 is 2.00 bits per heavy atom. The molecule has 0 saturated carbocycles. The molecule has 0 aliphatic rings. The van der Waals surface area contributed by atoms with Gasteiger partial charge in [-0.15, -0.1) is 24.0 Å². The minimum atomic E-state index is 0. The van der Waals surface area contributed by atoms with Gasteiger partial charge >= 0.3 is 0 Å². The van der Waals surface area contributed by atoms with Crippen molar-refractivity contribution in [2.45, 2.75) is 46.1 Å². The number of unbranched alkanes of at least 4 members (excludes halogenated alkanes) is 1. The molecule has 1 aromatic rings. The highest BCUT2D eigenvalue weighted by Crippen LogP contribution is 2.01. The Morgan fingerprint density at radius 3 is 2.59 bits per heavy atom. The summed E-state index contributed by atoms with van der Waals surface area (Å²) in [6.45, 7) is 11.1. The molecule has 1 aromatic heterocycles. The topological polar surface area (TPSA) is 61.3 Å². The second kappa shape index (κ2) is 11.5. The van der Waals surface area contributed by atoms with Crippen LogP contribution in [0, 0.1) is 0 Å². The van der Waals surface area contributed by atoms with Crippen LogP contribution in [0.1, 0.15) is 40.5 Å². The summed E-state index contributed by atoms with van der Waals surface area (Å²) in [5.41, 5.74) is 0.0293. The lowest BCUT2D eigenvalue weighted by molar-refractivity contribution is 0.501. The summed E-state index contributed by atoms with van der Waals surface area (Å²) < 4.78 is 0. The van der Waals surface area contributed by atoms with Crippen LogP contribution in [-0.2, 0) is 0 Å². The fourth-order valence-electron chi connectivity index (χ4n) is 1.77. The van der Waals surface area contributed by atoms with E-state index in [0.29, 0.717) is 0 Å². The summed E-state index contributed by atoms with van der Waals surface area (Å²) >= 11 is 0. The lowest BCUT2D eigenvalue weighted by Crippen LogP contribution is -2.47. The van der Waals surface area contributed by atoms with Gasteiger partial charge in [-0.3, -0.25) is 4.99 Å². The smallest absolute Gasteiger partial charge is 0.191 e. The highest BCUT2D eigenvalue weighted by Gasteiger charge is 2.11. The normalized spacial score (nSPS) is 11.5. The first-order chi connectivity index (χ1) is 10.0. The zero-order valence-corrected chi connectivity index (χ0v) is 16.5. The van der Waals surface area contributed by atoms with Gasteiger partial charge in [-0.1, -0.05) is 6.07 Å². The summed E-state index contributed by atoms with van der Waals surface area (Å²) in [5, 5.41) is 9.96. The van der Waals surface area contributed by atoms with Gasteiger partial charge in [0.1, 0.15) is 5.82 Å². The molecule has 3 N–H and O–H groups in total. The number of hydrogen-bond acceptors (Lipinski definition) is 3. The molecule has 5 nitrogen and oxygen atoms in total. The van der Waals surface area contributed by atoms with Crippen LogP contribution < -0.4 is 16.0 Å². The molecule has 0 fully saturated rings. The number of pyridine rings is 1. The number of hydrogen-bond donors (Lipinski definition) is 3. The molecule has 0 atom stereocenters. The van der Waals surface area contributed by atoms with Crippen LogP contribution in [-0.4, -0.2) is 36.1 Å². The number of halogens is 1. The molecule has 0 saturated heterocycles. The first-order valence-electron chi connectivity index (χ1n) is 7.72. The van der Waals surface area contributed by atoms with Gasteiger partial charge < -0.3 is 16.0 Å². The maximum Gasteiger partial charge on any atom is 0.191 e. The predicted molar refractivity (Wildman–Crippen MR) is 106 cm³/mol. The Bertz CT molecular complexity index is 414. The number of aromatic nitrogens is 1. The van der Waals surface area contributed by atoms with Crippen molar-refractivity contribution < 1.29 is 0 Å². The number of guanidine groups is 1. The summed E-state index contributed by atoms with van der Waals surface area (Å²) in [7, 11) is 0. The Kier molecular flexibility index (Phi) is 11.0. The van der Waals surface area contributed by atoms with E-state index >= 15 is 0 Å². The van der Waals surface area contributed by atoms with E-state index in [0.717, 1.165) is 44.3 Å². The van der Waals surface area contributed by atoms with E-state index in [1.54, 1.807) is 6.20 Å². The fraction of sp³-hybridized carbons (Fsp3) is 0.625. The van der Waals surface area contributed by atoms with Crippen LogP contribution in [0.15, 0.2) is 29.4 Å². The standard InChI is InChI=1S/C16H29N5.HI/c1-5-17-15(21-16(2,3)4)20-13-9-8-12-19-14-10-6-7-11-18-14;/h6-7,10-11H,5,8-9,12-13H2,1-4H3,(H,18,19)(H2,17,20,21);1H. The summed E-state index contributed by atoms with van der Waals surface area (Å²) in [4.78, 5) is 8.83. The van der Waals surface area contributed by atoms with E-state index in [2.05, 4.69) is 53.6 Å². The summed E-state index contributed by atoms with van der Waals surface area (Å²) in [6.07, 6.45) is 3.93. The number of nitrogens with one attached hydrogen (secondary N) is 3. The highest BCUT2D eigenvalue weighted by molar-refractivity contribution is 14.0. The molecular formula is C16H30IN5. The van der Waals surface area contributed by atoms with E-state index in [9.17, 15) is 0 Å². The van der Waals surface area contributed by atoms with Crippen molar-refractivity contribution in [1.82, 2.24) is 15.6 Å². The second-order valence-corrected chi connectivity index (χ2v) is 5.98. The van der Waals surface area contributed by atoms with Crippen LogP contribution in [0.3, 0.4) is 0 Å². The average molecular weight is 419 g/mol. The van der Waals surface area contributed by atoms with Crippen molar-refractivity contribution in [3.63, 3.8) is 0 Å². The van der Waals surface area contributed by atoms with Crippen LogP contribution in [0.4, 0.5) is 5.82 Å². The zero-order chi connectivity index (χ0) is 15.6. The van der Waals surface area contributed by atoms with Gasteiger partial charge in [0.05, 0.1) is 0 Å². The third-order valence-corrected chi connectivity index (χ3v) is 2.66. The van der Waals surface area contributed by atoms with Crippen molar-refractivity contribution >= 4 is 35.8 Å². The van der Waals surface area contributed by atoms with E-state index < -0.39 is 0 Å². The molecule has 0 amide bonds. The molecule has 22 heavy (non-hydrogen) atoms. The first kappa shape index (κ1) is 20.9. The largest absolute Gasteiger partial charge is 0.370 e. The minimum Gasteiger partial charge on any atom is -0.370 e. The molecule has 0 radical (unpaired) electrons. The molecule has 0 spiro atoms. The van der Waals surface area contributed by atoms with Gasteiger partial charge in [0, 0.05) is 31.4 Å². The van der Waals surface area contributed by atoms with Crippen molar-refractivity contribution in [3.05, 3.63) is 24.4 Å². The van der Waals surface area contributed by atoms with Gasteiger partial charge in [0.15, 0.2) is 5.96 Å². The Labute approximate surface area is 151 Å². The Balaban J connectivity index is 0.00000441. The average Bonchev–Trinajstić information content (AvgIpc) is 2.42. The predicted octanol–water partition coefficient (Wildman–Crippen LogP) is 3.25. The molecule has 0 aliphatic heterocycles. The van der Waals surface area contributed by atoms with Crippen LogP contribution in [0.2, 0.25) is 0 Å².